The normalized spacial score (nSPS) is 18.7. The molecule has 0 aliphatic carbocycles. The van der Waals surface area contributed by atoms with E-state index in [0.29, 0.717) is 19.3 Å². The highest BCUT2D eigenvalue weighted by Crippen LogP contribution is 2.26. The molecule has 6 N–H and O–H groups in total. The van der Waals surface area contributed by atoms with E-state index < -0.39 is 67.4 Å². The molecule has 1 aliphatic rings. The molecule has 0 saturated carbocycles. The highest BCUT2D eigenvalue weighted by Gasteiger charge is 2.47. The summed E-state index contributed by atoms with van der Waals surface area (Å²) in [6.45, 7) is 5.83. The van der Waals surface area contributed by atoms with Crippen molar-refractivity contribution in [1.29, 1.82) is 0 Å². The van der Waals surface area contributed by atoms with Crippen molar-refractivity contribution in [3.63, 3.8) is 0 Å². The number of rotatable bonds is 61. The molecule has 0 aromatic heterocycles. The Balaban J connectivity index is 2.49. The summed E-state index contributed by atoms with van der Waals surface area (Å²) < 4.78 is 17.7. The predicted octanol–water partition coefficient (Wildman–Crippen LogP) is 17.5. The van der Waals surface area contributed by atoms with Gasteiger partial charge in [-0.1, -0.05) is 335 Å². The molecule has 474 valence electrons. The van der Waals surface area contributed by atoms with Gasteiger partial charge in [0.1, 0.15) is 24.4 Å². The van der Waals surface area contributed by atoms with Crippen LogP contribution in [0.4, 0.5) is 0 Å². The molecule has 11 heteroatoms. The Morgan fingerprint density at radius 2 is 0.812 bits per heavy atom. The number of esters is 1. The molecule has 0 aromatic carbocycles. The second-order valence-electron chi connectivity index (χ2n) is 24.6. The smallest absolute Gasteiger partial charge is 0.306 e. The van der Waals surface area contributed by atoms with Gasteiger partial charge in [0.2, 0.25) is 5.91 Å². The molecule has 1 aliphatic heterocycles. The standard InChI is InChI=1S/C69H133NO10/c1-4-7-10-13-16-19-22-24-25-26-27-28-29-30-31-32-33-34-35-36-37-39-42-45-48-51-54-57-64(74)80-67-66(76)65(75)63(58-71)79-69(67)78-59-60(61(72)55-52-49-46-43-40-21-18-15-12-9-6-3)70-68(77)62(73)56-53-50-47-44-41-38-23-20-17-14-11-8-5-2/h52,55,60-63,65-67,69,71-73,75-76H,4-51,53-54,56-59H2,1-3H3,(H,70,77)/b55-52+. The first-order valence-corrected chi connectivity index (χ1v) is 35.0. The molecule has 11 nitrogen and oxygen atoms in total. The van der Waals surface area contributed by atoms with Crippen molar-refractivity contribution in [2.75, 3.05) is 13.2 Å². The number of ether oxygens (including phenoxy) is 3. The minimum atomic E-state index is -1.61. The molecular formula is C69H133NO10. The van der Waals surface area contributed by atoms with Crippen LogP contribution >= 0.6 is 0 Å². The molecule has 8 unspecified atom stereocenters. The van der Waals surface area contributed by atoms with Crippen LogP contribution in [0.25, 0.3) is 0 Å². The summed E-state index contributed by atoms with van der Waals surface area (Å²) in [4.78, 5) is 26.6. The van der Waals surface area contributed by atoms with E-state index in [0.717, 1.165) is 57.8 Å². The lowest BCUT2D eigenvalue weighted by Gasteiger charge is -2.41. The van der Waals surface area contributed by atoms with Crippen molar-refractivity contribution in [2.24, 2.45) is 0 Å². The van der Waals surface area contributed by atoms with Gasteiger partial charge in [-0.05, 0) is 25.7 Å². The van der Waals surface area contributed by atoms with Crippen molar-refractivity contribution in [3.8, 4) is 0 Å². The Bertz CT molecular complexity index is 1350. The zero-order valence-corrected chi connectivity index (χ0v) is 52.7. The van der Waals surface area contributed by atoms with E-state index in [1.54, 1.807) is 6.08 Å². The number of amides is 1. The zero-order valence-electron chi connectivity index (χ0n) is 52.7. The molecule has 80 heavy (non-hydrogen) atoms. The summed E-state index contributed by atoms with van der Waals surface area (Å²) >= 11 is 0. The lowest BCUT2D eigenvalue weighted by atomic mass is 9.99. The average molecular weight is 1140 g/mol. The highest BCUT2D eigenvalue weighted by molar-refractivity contribution is 5.80. The predicted molar refractivity (Wildman–Crippen MR) is 334 cm³/mol. The van der Waals surface area contributed by atoms with Crippen molar-refractivity contribution < 1.29 is 49.3 Å². The molecule has 1 fully saturated rings. The van der Waals surface area contributed by atoms with Gasteiger partial charge in [0.25, 0.3) is 0 Å². The second kappa shape index (κ2) is 57.8. The first kappa shape index (κ1) is 76.4. The van der Waals surface area contributed by atoms with Crippen molar-refractivity contribution in [3.05, 3.63) is 12.2 Å². The zero-order chi connectivity index (χ0) is 58.2. The van der Waals surface area contributed by atoms with Gasteiger partial charge < -0.3 is 45.1 Å². The van der Waals surface area contributed by atoms with Crippen LogP contribution in [-0.4, -0.2) is 99.6 Å². The number of carbonyl (C=O) groups excluding carboxylic acids is 2. The SMILES string of the molecule is CCCCCCCCCCC/C=C/C(O)C(COC1OC(CO)C(O)C(O)C1OC(=O)CCCCCCCCCCCCCCCCCCCCCCCCCCCCC)NC(=O)C(O)CCCCCCCCCCCCCCC. The molecule has 0 aromatic rings. The maximum absolute atomic E-state index is 13.4. The Morgan fingerprint density at radius 3 is 1.18 bits per heavy atom. The maximum Gasteiger partial charge on any atom is 0.306 e. The summed E-state index contributed by atoms with van der Waals surface area (Å²) in [5.74, 6) is -1.17. The monoisotopic (exact) mass is 1140 g/mol. The Labute approximate surface area is 493 Å². The fraction of sp³-hybridized carbons (Fsp3) is 0.942. The molecule has 1 amide bonds. The van der Waals surface area contributed by atoms with Crippen LogP contribution < -0.4 is 5.32 Å². The summed E-state index contributed by atoms with van der Waals surface area (Å²) in [6.07, 6.45) is 57.1. The molecule has 1 rings (SSSR count). The number of unbranched alkanes of at least 4 members (excludes halogenated alkanes) is 47. The van der Waals surface area contributed by atoms with Gasteiger partial charge in [0.15, 0.2) is 12.4 Å². The van der Waals surface area contributed by atoms with Gasteiger partial charge in [-0.15, -0.1) is 0 Å². The van der Waals surface area contributed by atoms with Gasteiger partial charge in [0, 0.05) is 6.42 Å². The van der Waals surface area contributed by atoms with E-state index in [-0.39, 0.29) is 13.0 Å². The van der Waals surface area contributed by atoms with E-state index in [9.17, 15) is 35.1 Å². The molecule has 1 heterocycles. The summed E-state index contributed by atoms with van der Waals surface area (Å²) in [6, 6.07) is -1.02. The summed E-state index contributed by atoms with van der Waals surface area (Å²) in [5, 5.41) is 57.0. The Morgan fingerprint density at radius 1 is 0.475 bits per heavy atom. The molecular weight excluding hydrogens is 1000 g/mol. The fourth-order valence-corrected chi connectivity index (χ4v) is 11.4. The van der Waals surface area contributed by atoms with E-state index >= 15 is 0 Å². The van der Waals surface area contributed by atoms with E-state index in [1.165, 1.54) is 250 Å². The van der Waals surface area contributed by atoms with E-state index in [4.69, 9.17) is 14.2 Å². The molecule has 0 radical (unpaired) electrons. The fourth-order valence-electron chi connectivity index (χ4n) is 11.4. The number of hydrogen-bond donors (Lipinski definition) is 6. The van der Waals surface area contributed by atoms with Gasteiger partial charge in [-0.3, -0.25) is 9.59 Å². The minimum Gasteiger partial charge on any atom is -0.454 e. The number of hydrogen-bond acceptors (Lipinski definition) is 10. The third kappa shape index (κ3) is 44.9. The second-order valence-corrected chi connectivity index (χ2v) is 24.6. The van der Waals surface area contributed by atoms with Crippen LogP contribution in [0.5, 0.6) is 0 Å². The average Bonchev–Trinajstić information content (AvgIpc) is 3.46. The highest BCUT2D eigenvalue weighted by atomic mass is 16.7. The number of aliphatic hydroxyl groups is 5. The molecule has 0 bridgehead atoms. The van der Waals surface area contributed by atoms with Gasteiger partial charge in [-0.2, -0.15) is 0 Å². The van der Waals surface area contributed by atoms with Crippen LogP contribution in [0.3, 0.4) is 0 Å². The van der Waals surface area contributed by atoms with Crippen LogP contribution in [0, 0.1) is 0 Å². The number of allylic oxidation sites excluding steroid dienone is 1. The largest absolute Gasteiger partial charge is 0.454 e. The third-order valence-corrected chi connectivity index (χ3v) is 16.9. The van der Waals surface area contributed by atoms with E-state index in [2.05, 4.69) is 26.1 Å². The summed E-state index contributed by atoms with van der Waals surface area (Å²) in [5.41, 5.74) is 0. The number of aliphatic hydroxyl groups excluding tert-OH is 5. The van der Waals surface area contributed by atoms with Crippen molar-refractivity contribution >= 4 is 11.9 Å². The maximum atomic E-state index is 13.4. The van der Waals surface area contributed by atoms with Gasteiger partial charge in [0.05, 0.1) is 25.4 Å². The minimum absolute atomic E-state index is 0.132. The third-order valence-electron chi connectivity index (χ3n) is 16.9. The molecule has 1 saturated heterocycles. The van der Waals surface area contributed by atoms with Crippen molar-refractivity contribution in [1.82, 2.24) is 5.32 Å². The number of nitrogens with one attached hydrogen (secondary N) is 1. The Hall–Kier alpha value is -1.60. The topological polar surface area (TPSA) is 175 Å². The van der Waals surface area contributed by atoms with Crippen LogP contribution in [0.2, 0.25) is 0 Å². The first-order chi connectivity index (χ1) is 39.2. The van der Waals surface area contributed by atoms with Crippen LogP contribution in [0.15, 0.2) is 12.2 Å². The van der Waals surface area contributed by atoms with Gasteiger partial charge >= 0.3 is 5.97 Å². The van der Waals surface area contributed by atoms with Crippen LogP contribution in [-0.2, 0) is 23.8 Å². The lowest BCUT2D eigenvalue weighted by molar-refractivity contribution is -0.305. The van der Waals surface area contributed by atoms with E-state index in [1.807, 2.05) is 6.08 Å². The van der Waals surface area contributed by atoms with Crippen LogP contribution in [0.1, 0.15) is 355 Å². The quantitative estimate of drug-likeness (QED) is 0.0195. The van der Waals surface area contributed by atoms with Gasteiger partial charge in [-0.25, -0.2) is 0 Å². The van der Waals surface area contributed by atoms with Crippen molar-refractivity contribution in [2.45, 2.75) is 404 Å². The molecule has 8 atom stereocenters. The Kier molecular flexibility index (Phi) is 55.2. The lowest BCUT2D eigenvalue weighted by Crippen LogP contribution is -2.61. The summed E-state index contributed by atoms with van der Waals surface area (Å²) in [7, 11) is 0. The first-order valence-electron chi connectivity index (χ1n) is 35.0. The molecule has 0 spiro atoms. The number of carbonyl (C=O) groups is 2.